The van der Waals surface area contributed by atoms with Crippen LogP contribution in [0.2, 0.25) is 0 Å². The van der Waals surface area contributed by atoms with Crippen LogP contribution in [0, 0.1) is 11.3 Å². The summed E-state index contributed by atoms with van der Waals surface area (Å²) in [4.78, 5) is 11.7. The van der Waals surface area contributed by atoms with Crippen LogP contribution in [-0.2, 0) is 21.3 Å². The summed E-state index contributed by atoms with van der Waals surface area (Å²) in [5.74, 6) is -0.0342. The van der Waals surface area contributed by atoms with Gasteiger partial charge in [-0.25, -0.2) is 13.2 Å². The van der Waals surface area contributed by atoms with Crippen molar-refractivity contribution >= 4 is 16.0 Å². The van der Waals surface area contributed by atoms with E-state index in [0.29, 0.717) is 5.76 Å². The van der Waals surface area contributed by atoms with E-state index in [9.17, 15) is 13.2 Å². The first-order chi connectivity index (χ1) is 12.0. The lowest BCUT2D eigenvalue weighted by Gasteiger charge is -2.20. The fourth-order valence-electron chi connectivity index (χ4n) is 2.16. The van der Waals surface area contributed by atoms with Crippen molar-refractivity contribution < 1.29 is 22.4 Å². The van der Waals surface area contributed by atoms with Crippen LogP contribution >= 0.6 is 0 Å². The largest absolute Gasteiger partial charge is 0.468 e. The number of rotatable bonds is 8. The molecule has 0 fully saturated rings. The Balaban J connectivity index is 2.26. The highest BCUT2D eigenvalue weighted by atomic mass is 32.2. The maximum Gasteiger partial charge on any atom is 0.338 e. The first-order valence-corrected chi connectivity index (χ1v) is 9.09. The molecular formula is C17H18N2O5S. The van der Waals surface area contributed by atoms with E-state index in [1.165, 1.54) is 34.8 Å². The summed E-state index contributed by atoms with van der Waals surface area (Å²) in [7, 11) is -3.83. The predicted molar refractivity (Wildman–Crippen MR) is 88.9 cm³/mol. The Morgan fingerprint density at radius 3 is 2.56 bits per heavy atom. The van der Waals surface area contributed by atoms with Crippen LogP contribution in [-0.4, -0.2) is 31.8 Å². The van der Waals surface area contributed by atoms with Gasteiger partial charge in [-0.1, -0.05) is 0 Å². The quantitative estimate of drug-likeness (QED) is 0.669. The highest BCUT2D eigenvalue weighted by Gasteiger charge is 2.25. The van der Waals surface area contributed by atoms with Gasteiger partial charge in [0.25, 0.3) is 0 Å². The molecule has 7 nitrogen and oxygen atoms in total. The minimum absolute atomic E-state index is 0.0244. The molecule has 2 rings (SSSR count). The molecule has 2 aromatic rings. The Bertz CT molecular complexity index is 836. The Labute approximate surface area is 146 Å². The molecule has 0 aliphatic heterocycles. The highest BCUT2D eigenvalue weighted by Crippen LogP contribution is 2.20. The summed E-state index contributed by atoms with van der Waals surface area (Å²) in [6, 6.07) is 10.8. The molecule has 0 amide bonds. The van der Waals surface area contributed by atoms with Gasteiger partial charge in [-0.05, 0) is 43.3 Å². The maximum atomic E-state index is 12.8. The minimum Gasteiger partial charge on any atom is -0.468 e. The predicted octanol–water partition coefficient (Wildman–Crippen LogP) is 2.56. The number of benzene rings is 1. The molecule has 0 unspecified atom stereocenters. The van der Waals surface area contributed by atoms with Gasteiger partial charge in [0, 0.05) is 13.0 Å². The second kappa shape index (κ2) is 8.46. The molecule has 0 N–H and O–H groups in total. The molecular weight excluding hydrogens is 344 g/mol. The van der Waals surface area contributed by atoms with Crippen molar-refractivity contribution in [2.45, 2.75) is 24.8 Å². The van der Waals surface area contributed by atoms with Crippen LogP contribution < -0.4 is 0 Å². The molecule has 1 aromatic carbocycles. The van der Waals surface area contributed by atoms with Crippen molar-refractivity contribution in [2.75, 3.05) is 13.2 Å². The van der Waals surface area contributed by atoms with Gasteiger partial charge in [-0.15, -0.1) is 0 Å². The van der Waals surface area contributed by atoms with E-state index in [2.05, 4.69) is 0 Å². The van der Waals surface area contributed by atoms with E-state index in [-0.39, 0.29) is 36.6 Å². The fraction of sp³-hybridized carbons (Fsp3) is 0.294. The number of sulfonamides is 1. The Morgan fingerprint density at radius 2 is 2.00 bits per heavy atom. The van der Waals surface area contributed by atoms with Crippen molar-refractivity contribution in [3.8, 4) is 6.07 Å². The van der Waals surface area contributed by atoms with E-state index < -0.39 is 16.0 Å². The lowest BCUT2D eigenvalue weighted by Crippen LogP contribution is -2.31. The second-order valence-corrected chi connectivity index (χ2v) is 7.01. The van der Waals surface area contributed by atoms with Gasteiger partial charge in [-0.3, -0.25) is 0 Å². The Morgan fingerprint density at radius 1 is 1.28 bits per heavy atom. The van der Waals surface area contributed by atoms with Crippen molar-refractivity contribution in [1.82, 2.24) is 4.31 Å². The van der Waals surface area contributed by atoms with Gasteiger partial charge >= 0.3 is 5.97 Å². The van der Waals surface area contributed by atoms with E-state index in [1.807, 2.05) is 6.07 Å². The summed E-state index contributed by atoms with van der Waals surface area (Å²) < 4.78 is 36.9. The summed E-state index contributed by atoms with van der Waals surface area (Å²) in [6.45, 7) is 2.00. The molecule has 132 valence electrons. The van der Waals surface area contributed by atoms with Crippen LogP contribution in [0.15, 0.2) is 52.0 Å². The van der Waals surface area contributed by atoms with Gasteiger partial charge in [0.05, 0.1) is 35.9 Å². The van der Waals surface area contributed by atoms with Gasteiger partial charge in [0.2, 0.25) is 10.0 Å². The summed E-state index contributed by atoms with van der Waals surface area (Å²) in [5, 5.41) is 8.78. The molecule has 0 radical (unpaired) electrons. The first-order valence-electron chi connectivity index (χ1n) is 7.65. The lowest BCUT2D eigenvalue weighted by molar-refractivity contribution is 0.0526. The van der Waals surface area contributed by atoms with Crippen molar-refractivity contribution in [3.05, 3.63) is 54.0 Å². The van der Waals surface area contributed by atoms with E-state index in [0.717, 1.165) is 0 Å². The van der Waals surface area contributed by atoms with Crippen LogP contribution in [0.3, 0.4) is 0 Å². The highest BCUT2D eigenvalue weighted by molar-refractivity contribution is 7.89. The number of carbonyl (C=O) groups excluding carboxylic acids is 1. The molecule has 8 heteroatoms. The van der Waals surface area contributed by atoms with E-state index in [4.69, 9.17) is 14.4 Å². The third-order valence-electron chi connectivity index (χ3n) is 3.39. The lowest BCUT2D eigenvalue weighted by atomic mass is 10.2. The molecule has 0 aliphatic rings. The molecule has 0 spiro atoms. The topological polar surface area (TPSA) is 101 Å². The van der Waals surface area contributed by atoms with Crippen LogP contribution in [0.5, 0.6) is 0 Å². The minimum atomic E-state index is -3.83. The van der Waals surface area contributed by atoms with Gasteiger partial charge in [-0.2, -0.15) is 9.57 Å². The fourth-order valence-corrected chi connectivity index (χ4v) is 3.57. The maximum absolute atomic E-state index is 12.8. The zero-order chi connectivity index (χ0) is 18.3. The van der Waals surface area contributed by atoms with E-state index in [1.54, 1.807) is 19.1 Å². The Kier molecular flexibility index (Phi) is 6.33. The monoisotopic (exact) mass is 362 g/mol. The summed E-state index contributed by atoms with van der Waals surface area (Å²) in [6.07, 6.45) is 1.51. The molecule has 1 heterocycles. The zero-order valence-electron chi connectivity index (χ0n) is 13.7. The molecule has 0 atom stereocenters. The number of carbonyl (C=O) groups is 1. The van der Waals surface area contributed by atoms with Gasteiger partial charge in [0.1, 0.15) is 5.76 Å². The van der Waals surface area contributed by atoms with Crippen molar-refractivity contribution in [3.63, 3.8) is 0 Å². The number of hydrogen-bond acceptors (Lipinski definition) is 6. The second-order valence-electron chi connectivity index (χ2n) is 5.07. The molecule has 0 aliphatic carbocycles. The SMILES string of the molecule is CCOC(=O)c1ccc(S(=O)(=O)N(CCC#N)Cc2ccco2)cc1. The van der Waals surface area contributed by atoms with Crippen LogP contribution in [0.4, 0.5) is 0 Å². The van der Waals surface area contributed by atoms with Crippen molar-refractivity contribution in [2.24, 2.45) is 0 Å². The van der Waals surface area contributed by atoms with Gasteiger partial charge < -0.3 is 9.15 Å². The standard InChI is InChI=1S/C17H18N2O5S/c1-2-23-17(20)14-6-8-16(9-7-14)25(21,22)19(11-4-10-18)13-15-5-3-12-24-15/h3,5-9,12H,2,4,11,13H2,1H3. The normalized spacial score (nSPS) is 11.2. The molecule has 0 bridgehead atoms. The summed E-state index contributed by atoms with van der Waals surface area (Å²) >= 11 is 0. The zero-order valence-corrected chi connectivity index (χ0v) is 14.5. The average molecular weight is 362 g/mol. The number of nitriles is 1. The number of hydrogen-bond donors (Lipinski definition) is 0. The number of esters is 1. The average Bonchev–Trinajstić information content (AvgIpc) is 3.12. The smallest absolute Gasteiger partial charge is 0.338 e. The Hall–Kier alpha value is -2.63. The third kappa shape index (κ3) is 4.68. The number of furan rings is 1. The molecule has 0 saturated heterocycles. The first kappa shape index (κ1) is 18.7. The molecule has 1 aromatic heterocycles. The van der Waals surface area contributed by atoms with Crippen LogP contribution in [0.1, 0.15) is 29.5 Å². The number of nitrogens with zero attached hydrogens (tertiary/aromatic N) is 2. The summed E-state index contributed by atoms with van der Waals surface area (Å²) in [5.41, 5.74) is 0.274. The van der Waals surface area contributed by atoms with Gasteiger partial charge in [0.15, 0.2) is 0 Å². The number of ether oxygens (including phenoxy) is 1. The van der Waals surface area contributed by atoms with Crippen LogP contribution in [0.25, 0.3) is 0 Å². The molecule has 25 heavy (non-hydrogen) atoms. The van der Waals surface area contributed by atoms with Crippen molar-refractivity contribution in [1.29, 1.82) is 5.26 Å². The van der Waals surface area contributed by atoms with E-state index >= 15 is 0 Å². The molecule has 0 saturated carbocycles. The third-order valence-corrected chi connectivity index (χ3v) is 5.25.